The van der Waals surface area contributed by atoms with Gasteiger partial charge in [-0.3, -0.25) is 4.40 Å². The van der Waals surface area contributed by atoms with E-state index in [1.54, 1.807) is 22.7 Å². The number of aromatic nitrogens is 4. The number of hydrogen-bond donors (Lipinski definition) is 1. The Morgan fingerprint density at radius 3 is 2.54 bits per heavy atom. The van der Waals surface area contributed by atoms with Gasteiger partial charge in [-0.25, -0.2) is 4.98 Å². The summed E-state index contributed by atoms with van der Waals surface area (Å²) in [5, 5.41) is 11.6. The Balaban J connectivity index is 1.51. The van der Waals surface area contributed by atoms with Gasteiger partial charge in [-0.2, -0.15) is 8.78 Å². The predicted octanol–water partition coefficient (Wildman–Crippen LogP) is 4.05. The quantitative estimate of drug-likeness (QED) is 0.523. The minimum atomic E-state index is -2.85. The molecule has 6 nitrogen and oxygen atoms in total. The molecule has 2 heterocycles. The molecule has 0 atom stereocenters. The van der Waals surface area contributed by atoms with Crippen molar-refractivity contribution in [1.82, 2.24) is 19.6 Å². The molecule has 2 aromatic carbocycles. The number of nitrogens with one attached hydrogen (secondary N) is 1. The molecule has 142 valence electrons. The highest BCUT2D eigenvalue weighted by molar-refractivity contribution is 5.61. The van der Waals surface area contributed by atoms with E-state index in [-0.39, 0.29) is 5.75 Å². The van der Waals surface area contributed by atoms with E-state index in [1.165, 1.54) is 17.7 Å². The molecule has 0 spiro atoms. The van der Waals surface area contributed by atoms with E-state index in [9.17, 15) is 8.78 Å². The van der Waals surface area contributed by atoms with Gasteiger partial charge < -0.3 is 10.1 Å². The Hall–Kier alpha value is -3.55. The van der Waals surface area contributed by atoms with E-state index in [4.69, 9.17) is 0 Å². The van der Waals surface area contributed by atoms with Gasteiger partial charge in [0.05, 0.1) is 12.4 Å². The minimum absolute atomic E-state index is 0.0949. The predicted molar refractivity (Wildman–Crippen MR) is 101 cm³/mol. The number of hydrogen-bond acceptors (Lipinski definition) is 5. The average molecular weight is 381 g/mol. The van der Waals surface area contributed by atoms with Gasteiger partial charge >= 0.3 is 6.61 Å². The van der Waals surface area contributed by atoms with Crippen molar-refractivity contribution in [3.05, 3.63) is 72.6 Å². The highest BCUT2D eigenvalue weighted by Gasteiger charge is 2.10. The molecule has 1 N–H and O–H groups in total. The molecule has 8 heteroatoms. The largest absolute Gasteiger partial charge is 0.435 e. The van der Waals surface area contributed by atoms with Crippen LogP contribution < -0.4 is 10.1 Å². The number of alkyl halides is 2. The smallest absolute Gasteiger partial charge is 0.387 e. The van der Waals surface area contributed by atoms with Crippen LogP contribution in [0.2, 0.25) is 0 Å². The lowest BCUT2D eigenvalue weighted by atomic mass is 10.1. The van der Waals surface area contributed by atoms with Crippen molar-refractivity contribution in [2.45, 2.75) is 13.0 Å². The maximum atomic E-state index is 12.3. The van der Waals surface area contributed by atoms with Crippen LogP contribution in [0.25, 0.3) is 17.0 Å². The van der Waals surface area contributed by atoms with E-state index < -0.39 is 6.61 Å². The monoisotopic (exact) mass is 381 g/mol. The molecular formula is C20H17F2N5O. The fourth-order valence-electron chi connectivity index (χ4n) is 2.85. The number of ether oxygens (including phenoxy) is 1. The summed E-state index contributed by atoms with van der Waals surface area (Å²) in [5.74, 6) is 1.38. The first-order valence-electron chi connectivity index (χ1n) is 8.73. The third kappa shape index (κ3) is 4.06. The van der Waals surface area contributed by atoms with Crippen molar-refractivity contribution in [3.63, 3.8) is 0 Å². The molecule has 4 rings (SSSR count). The fourth-order valence-corrected chi connectivity index (χ4v) is 2.85. The molecule has 2 aromatic heterocycles. The number of fused-ring (bicyclic) bond motifs is 1. The van der Waals surface area contributed by atoms with Crippen LogP contribution in [0, 0.1) is 0 Å². The average Bonchev–Trinajstić information content (AvgIpc) is 3.12. The van der Waals surface area contributed by atoms with Gasteiger partial charge in [0.15, 0.2) is 11.5 Å². The van der Waals surface area contributed by atoms with E-state index in [2.05, 4.69) is 37.4 Å². The standard InChI is InChI=1S/C20H17F2N5O/c21-20(22)28-16-8-6-15(7-9-16)19-26-25-18-12-24-17(13-27(18)19)23-11-10-14-4-2-1-3-5-14/h1-9,12-13,20,23H,10-11H2. The van der Waals surface area contributed by atoms with Crippen molar-refractivity contribution in [3.8, 4) is 17.1 Å². The van der Waals surface area contributed by atoms with Crippen LogP contribution in [-0.2, 0) is 6.42 Å². The van der Waals surface area contributed by atoms with Gasteiger partial charge in [-0.05, 0) is 36.2 Å². The molecule has 0 amide bonds. The maximum absolute atomic E-state index is 12.3. The second-order valence-corrected chi connectivity index (χ2v) is 6.09. The molecule has 0 aliphatic heterocycles. The van der Waals surface area contributed by atoms with Gasteiger partial charge in [0.1, 0.15) is 11.6 Å². The van der Waals surface area contributed by atoms with Crippen LogP contribution in [0.5, 0.6) is 5.75 Å². The van der Waals surface area contributed by atoms with Crippen molar-refractivity contribution in [2.24, 2.45) is 0 Å². The molecule has 0 fully saturated rings. The Morgan fingerprint density at radius 1 is 1.00 bits per heavy atom. The Kier molecular flexibility index (Phi) is 5.09. The highest BCUT2D eigenvalue weighted by atomic mass is 19.3. The van der Waals surface area contributed by atoms with E-state index in [0.29, 0.717) is 17.3 Å². The molecule has 0 aliphatic carbocycles. The summed E-state index contributed by atoms with van der Waals surface area (Å²) in [6, 6.07) is 16.5. The van der Waals surface area contributed by atoms with Gasteiger partial charge in [0.2, 0.25) is 0 Å². The van der Waals surface area contributed by atoms with Crippen LogP contribution >= 0.6 is 0 Å². The Morgan fingerprint density at radius 2 is 1.79 bits per heavy atom. The van der Waals surface area contributed by atoms with E-state index in [1.807, 2.05) is 24.4 Å². The topological polar surface area (TPSA) is 64.3 Å². The second-order valence-electron chi connectivity index (χ2n) is 6.09. The normalized spacial score (nSPS) is 11.1. The van der Waals surface area contributed by atoms with Crippen LogP contribution in [-0.4, -0.2) is 32.7 Å². The van der Waals surface area contributed by atoms with Crippen LogP contribution in [0.4, 0.5) is 14.6 Å². The summed E-state index contributed by atoms with van der Waals surface area (Å²) in [7, 11) is 0. The number of rotatable bonds is 7. The molecule has 0 aliphatic rings. The number of benzene rings is 2. The SMILES string of the molecule is FC(F)Oc1ccc(-c2nnc3cnc(NCCc4ccccc4)cn23)cc1. The molecule has 0 saturated carbocycles. The second kappa shape index (κ2) is 7.99. The zero-order valence-corrected chi connectivity index (χ0v) is 14.8. The summed E-state index contributed by atoms with van der Waals surface area (Å²) >= 11 is 0. The van der Waals surface area contributed by atoms with Crippen molar-refractivity contribution in [2.75, 3.05) is 11.9 Å². The van der Waals surface area contributed by atoms with Gasteiger partial charge in [0, 0.05) is 12.1 Å². The summed E-state index contributed by atoms with van der Waals surface area (Å²) in [4.78, 5) is 4.35. The van der Waals surface area contributed by atoms with Crippen LogP contribution in [0.15, 0.2) is 67.0 Å². The third-order valence-electron chi connectivity index (χ3n) is 4.19. The van der Waals surface area contributed by atoms with Crippen molar-refractivity contribution in [1.29, 1.82) is 0 Å². The number of halogens is 2. The van der Waals surface area contributed by atoms with E-state index in [0.717, 1.165) is 18.5 Å². The summed E-state index contributed by atoms with van der Waals surface area (Å²) in [6.07, 6.45) is 4.33. The van der Waals surface area contributed by atoms with Crippen LogP contribution in [0.3, 0.4) is 0 Å². The molecule has 0 bridgehead atoms. The first kappa shape index (κ1) is 17.8. The minimum Gasteiger partial charge on any atom is -0.435 e. The fraction of sp³-hybridized carbons (Fsp3) is 0.150. The van der Waals surface area contributed by atoms with E-state index >= 15 is 0 Å². The lowest BCUT2D eigenvalue weighted by Crippen LogP contribution is -2.07. The Bertz CT molecular complexity index is 1050. The third-order valence-corrected chi connectivity index (χ3v) is 4.19. The first-order chi connectivity index (χ1) is 13.7. The van der Waals surface area contributed by atoms with Gasteiger partial charge in [-0.15, -0.1) is 10.2 Å². The molecule has 0 radical (unpaired) electrons. The van der Waals surface area contributed by atoms with Gasteiger partial charge in [-0.1, -0.05) is 30.3 Å². The zero-order valence-electron chi connectivity index (χ0n) is 14.8. The zero-order chi connectivity index (χ0) is 19.3. The summed E-state index contributed by atoms with van der Waals surface area (Å²) in [5.41, 5.74) is 2.57. The summed E-state index contributed by atoms with van der Waals surface area (Å²) in [6.45, 7) is -2.12. The van der Waals surface area contributed by atoms with Crippen LogP contribution in [0.1, 0.15) is 5.56 Å². The molecule has 28 heavy (non-hydrogen) atoms. The lowest BCUT2D eigenvalue weighted by Gasteiger charge is -2.07. The maximum Gasteiger partial charge on any atom is 0.387 e. The van der Waals surface area contributed by atoms with Crippen molar-refractivity contribution >= 4 is 11.5 Å². The molecule has 0 unspecified atom stereocenters. The molecule has 4 aromatic rings. The van der Waals surface area contributed by atoms with Gasteiger partial charge in [0.25, 0.3) is 0 Å². The summed E-state index contributed by atoms with van der Waals surface area (Å²) < 4.78 is 30.8. The lowest BCUT2D eigenvalue weighted by molar-refractivity contribution is -0.0498. The number of anilines is 1. The molecule has 0 saturated heterocycles. The first-order valence-corrected chi connectivity index (χ1v) is 8.73. The molecular weight excluding hydrogens is 364 g/mol. The highest BCUT2D eigenvalue weighted by Crippen LogP contribution is 2.23. The van der Waals surface area contributed by atoms with Crippen molar-refractivity contribution < 1.29 is 13.5 Å². The number of nitrogens with zero attached hydrogens (tertiary/aromatic N) is 4. The Labute approximate surface area is 159 Å².